The predicted molar refractivity (Wildman–Crippen MR) is 79.1 cm³/mol. The van der Waals surface area contributed by atoms with Crippen LogP contribution in [0.3, 0.4) is 0 Å². The monoisotopic (exact) mass is 289 g/mol. The molecule has 1 aromatic carbocycles. The lowest BCUT2D eigenvalue weighted by molar-refractivity contribution is -0.122. The number of halogens is 1. The minimum atomic E-state index is -1.52. The number of hydrogen-bond acceptors (Lipinski definition) is 3. The zero-order chi connectivity index (χ0) is 14.8. The van der Waals surface area contributed by atoms with E-state index >= 15 is 0 Å². The van der Waals surface area contributed by atoms with Crippen LogP contribution in [0.15, 0.2) is 35.3 Å². The maximum absolute atomic E-state index is 14.1. The molecule has 2 unspecified atom stereocenters. The van der Waals surface area contributed by atoms with Gasteiger partial charge in [0.1, 0.15) is 0 Å². The van der Waals surface area contributed by atoms with Gasteiger partial charge in [-0.25, -0.2) is 4.39 Å². The Balaban J connectivity index is 1.78. The number of H-pyrrole nitrogens is 1. The lowest BCUT2D eigenvalue weighted by Gasteiger charge is -2.14. The molecule has 1 aliphatic rings. The zero-order valence-corrected chi connectivity index (χ0v) is 11.4. The van der Waals surface area contributed by atoms with Crippen LogP contribution in [0.1, 0.15) is 6.42 Å². The number of rotatable bonds is 3. The van der Waals surface area contributed by atoms with Gasteiger partial charge >= 0.3 is 0 Å². The van der Waals surface area contributed by atoms with Crippen molar-refractivity contribution in [3.05, 3.63) is 40.8 Å². The van der Waals surface area contributed by atoms with E-state index in [1.165, 1.54) is 0 Å². The quantitative estimate of drug-likeness (QED) is 0.800. The summed E-state index contributed by atoms with van der Waals surface area (Å²) in [6, 6.07) is 6.63. The van der Waals surface area contributed by atoms with Crippen molar-refractivity contribution in [1.82, 2.24) is 10.3 Å². The van der Waals surface area contributed by atoms with Crippen molar-refractivity contribution >= 4 is 22.4 Å². The van der Waals surface area contributed by atoms with Crippen molar-refractivity contribution in [2.45, 2.75) is 12.6 Å². The first-order valence-electron chi connectivity index (χ1n) is 6.92. The number of hydrogen-bond donors (Lipinski definition) is 3. The minimum absolute atomic E-state index is 0.189. The van der Waals surface area contributed by atoms with Gasteiger partial charge in [0, 0.05) is 29.7 Å². The SMILES string of the molecule is O=C(Nc1ccc2c(=O)[nH]ccc2c1)C(F)C1CCNC1. The van der Waals surface area contributed by atoms with E-state index in [4.69, 9.17) is 0 Å². The molecule has 1 aromatic heterocycles. The number of aromatic nitrogens is 1. The summed E-state index contributed by atoms with van der Waals surface area (Å²) in [5.41, 5.74) is 0.303. The van der Waals surface area contributed by atoms with Crippen LogP contribution in [0.4, 0.5) is 10.1 Å². The molecule has 2 heterocycles. The molecule has 0 bridgehead atoms. The Bertz CT molecular complexity index is 722. The number of nitrogens with one attached hydrogen (secondary N) is 3. The van der Waals surface area contributed by atoms with E-state index in [0.717, 1.165) is 6.54 Å². The molecule has 21 heavy (non-hydrogen) atoms. The summed E-state index contributed by atoms with van der Waals surface area (Å²) >= 11 is 0. The van der Waals surface area contributed by atoms with Crippen LogP contribution in [0.25, 0.3) is 10.8 Å². The molecule has 1 aliphatic heterocycles. The van der Waals surface area contributed by atoms with Gasteiger partial charge in [-0.05, 0) is 42.6 Å². The average molecular weight is 289 g/mol. The van der Waals surface area contributed by atoms with Crippen LogP contribution >= 0.6 is 0 Å². The number of amides is 1. The predicted octanol–water partition coefficient (Wildman–Crippen LogP) is 1.41. The summed E-state index contributed by atoms with van der Waals surface area (Å²) in [5.74, 6) is -0.902. The summed E-state index contributed by atoms with van der Waals surface area (Å²) in [6.45, 7) is 1.28. The fraction of sp³-hybridized carbons (Fsp3) is 0.333. The third kappa shape index (κ3) is 2.80. The standard InChI is InChI=1S/C15H16FN3O2/c16-13(10-3-5-17-8-10)15(21)19-11-1-2-12-9(7-11)4-6-18-14(12)20/h1-2,4,6-7,10,13,17H,3,5,8H2,(H,18,20)(H,19,21). The molecule has 2 atom stereocenters. The Labute approximate surface area is 120 Å². The molecule has 1 saturated heterocycles. The maximum Gasteiger partial charge on any atom is 0.259 e. The van der Waals surface area contributed by atoms with Crippen molar-refractivity contribution in [1.29, 1.82) is 0 Å². The van der Waals surface area contributed by atoms with E-state index in [9.17, 15) is 14.0 Å². The van der Waals surface area contributed by atoms with Crippen LogP contribution in [0.5, 0.6) is 0 Å². The molecule has 2 aromatic rings. The second-order valence-electron chi connectivity index (χ2n) is 5.25. The Morgan fingerprint density at radius 1 is 1.38 bits per heavy atom. The molecule has 110 valence electrons. The first-order chi connectivity index (χ1) is 10.1. The van der Waals surface area contributed by atoms with Crippen LogP contribution < -0.4 is 16.2 Å². The summed E-state index contributed by atoms with van der Waals surface area (Å²) in [6.07, 6.45) is 0.690. The number of benzene rings is 1. The number of fused-ring (bicyclic) bond motifs is 1. The van der Waals surface area contributed by atoms with Gasteiger partial charge in [0.05, 0.1) is 0 Å². The number of aromatic amines is 1. The highest BCUT2D eigenvalue weighted by Crippen LogP contribution is 2.20. The summed E-state index contributed by atoms with van der Waals surface area (Å²) in [4.78, 5) is 26.1. The molecule has 1 fully saturated rings. The molecule has 6 heteroatoms. The number of carbonyl (C=O) groups is 1. The number of pyridine rings is 1. The third-order valence-electron chi connectivity index (χ3n) is 3.80. The van der Waals surface area contributed by atoms with Gasteiger partial charge in [-0.15, -0.1) is 0 Å². The second-order valence-corrected chi connectivity index (χ2v) is 5.25. The number of alkyl halides is 1. The van der Waals surface area contributed by atoms with Crippen LogP contribution in [-0.4, -0.2) is 30.2 Å². The molecule has 5 nitrogen and oxygen atoms in total. The van der Waals surface area contributed by atoms with E-state index in [1.807, 2.05) is 0 Å². The highest BCUT2D eigenvalue weighted by molar-refractivity contribution is 5.96. The highest BCUT2D eigenvalue weighted by Gasteiger charge is 2.30. The second kappa shape index (κ2) is 5.65. The van der Waals surface area contributed by atoms with E-state index in [0.29, 0.717) is 29.4 Å². The molecule has 0 saturated carbocycles. The Morgan fingerprint density at radius 3 is 3.00 bits per heavy atom. The van der Waals surface area contributed by atoms with Crippen LogP contribution in [0, 0.1) is 5.92 Å². The first kappa shape index (κ1) is 13.8. The summed E-state index contributed by atoms with van der Waals surface area (Å²) in [5, 5.41) is 6.86. The zero-order valence-electron chi connectivity index (χ0n) is 11.4. The van der Waals surface area contributed by atoms with Gasteiger partial charge in [0.25, 0.3) is 11.5 Å². The van der Waals surface area contributed by atoms with Crippen molar-refractivity contribution < 1.29 is 9.18 Å². The summed E-state index contributed by atoms with van der Waals surface area (Å²) < 4.78 is 14.1. The Kier molecular flexibility index (Phi) is 3.70. The number of carbonyl (C=O) groups excluding carboxylic acids is 1. The molecular weight excluding hydrogens is 273 g/mol. The normalized spacial score (nSPS) is 19.6. The topological polar surface area (TPSA) is 74.0 Å². The largest absolute Gasteiger partial charge is 0.329 e. The van der Waals surface area contributed by atoms with Crippen molar-refractivity contribution in [3.63, 3.8) is 0 Å². The lowest BCUT2D eigenvalue weighted by Crippen LogP contribution is -2.32. The van der Waals surface area contributed by atoms with E-state index in [1.54, 1.807) is 30.5 Å². The highest BCUT2D eigenvalue weighted by atomic mass is 19.1. The van der Waals surface area contributed by atoms with Gasteiger partial charge in [0.2, 0.25) is 0 Å². The first-order valence-corrected chi connectivity index (χ1v) is 6.92. The van der Waals surface area contributed by atoms with E-state index in [2.05, 4.69) is 15.6 Å². The molecule has 0 radical (unpaired) electrons. The fourth-order valence-corrected chi connectivity index (χ4v) is 2.62. The smallest absolute Gasteiger partial charge is 0.259 e. The fourth-order valence-electron chi connectivity index (χ4n) is 2.62. The Morgan fingerprint density at radius 2 is 2.24 bits per heavy atom. The maximum atomic E-state index is 14.1. The minimum Gasteiger partial charge on any atom is -0.329 e. The van der Waals surface area contributed by atoms with Gasteiger partial charge in [-0.2, -0.15) is 0 Å². The van der Waals surface area contributed by atoms with Gasteiger partial charge < -0.3 is 15.6 Å². The van der Waals surface area contributed by atoms with Crippen LogP contribution in [0.2, 0.25) is 0 Å². The van der Waals surface area contributed by atoms with Gasteiger partial charge in [0.15, 0.2) is 6.17 Å². The van der Waals surface area contributed by atoms with Crippen LogP contribution in [-0.2, 0) is 4.79 Å². The van der Waals surface area contributed by atoms with E-state index in [-0.39, 0.29) is 11.5 Å². The third-order valence-corrected chi connectivity index (χ3v) is 3.80. The number of anilines is 1. The van der Waals surface area contributed by atoms with Crippen molar-refractivity contribution in [3.8, 4) is 0 Å². The molecule has 3 N–H and O–H groups in total. The van der Waals surface area contributed by atoms with E-state index < -0.39 is 12.1 Å². The molecule has 0 aliphatic carbocycles. The van der Waals surface area contributed by atoms with Crippen molar-refractivity contribution in [2.24, 2.45) is 5.92 Å². The summed E-state index contributed by atoms with van der Waals surface area (Å²) in [7, 11) is 0. The molecule has 3 rings (SSSR count). The lowest BCUT2D eigenvalue weighted by atomic mass is 10.0. The van der Waals surface area contributed by atoms with Crippen molar-refractivity contribution in [2.75, 3.05) is 18.4 Å². The molecule has 0 spiro atoms. The molecule has 1 amide bonds. The molecular formula is C15H16FN3O2. The van der Waals surface area contributed by atoms with Gasteiger partial charge in [-0.3, -0.25) is 9.59 Å². The Hall–Kier alpha value is -2.21. The van der Waals surface area contributed by atoms with Gasteiger partial charge in [-0.1, -0.05) is 0 Å². The average Bonchev–Trinajstić information content (AvgIpc) is 3.00.